The van der Waals surface area contributed by atoms with E-state index in [1.807, 2.05) is 13.1 Å². The molecule has 1 heterocycles. The lowest BCUT2D eigenvalue weighted by atomic mass is 10.1. The van der Waals surface area contributed by atoms with Crippen LogP contribution in [0.15, 0.2) is 36.7 Å². The molecule has 1 aromatic carbocycles. The Kier molecular flexibility index (Phi) is 3.93. The summed E-state index contributed by atoms with van der Waals surface area (Å²) in [5, 5.41) is 0.548. The van der Waals surface area contributed by atoms with Crippen LogP contribution in [0.25, 0.3) is 0 Å². The number of nitrogens with zero attached hydrogens (tertiary/aromatic N) is 2. The summed E-state index contributed by atoms with van der Waals surface area (Å²) in [5.74, 6) is 0.604. The van der Waals surface area contributed by atoms with Gasteiger partial charge in [-0.1, -0.05) is 23.7 Å². The van der Waals surface area contributed by atoms with Crippen molar-refractivity contribution in [2.75, 3.05) is 6.26 Å². The lowest BCUT2D eigenvalue weighted by Crippen LogP contribution is -2.30. The van der Waals surface area contributed by atoms with Crippen LogP contribution >= 0.6 is 11.6 Å². The zero-order valence-electron chi connectivity index (χ0n) is 10.5. The molecule has 0 saturated heterocycles. The first kappa shape index (κ1) is 14.0. The number of imidazole rings is 1. The van der Waals surface area contributed by atoms with Gasteiger partial charge in [-0.25, -0.2) is 18.1 Å². The van der Waals surface area contributed by atoms with Gasteiger partial charge in [-0.05, 0) is 17.7 Å². The van der Waals surface area contributed by atoms with Gasteiger partial charge in [0.25, 0.3) is 0 Å². The minimum atomic E-state index is -3.37. The van der Waals surface area contributed by atoms with Crippen LogP contribution in [0.5, 0.6) is 0 Å². The quantitative estimate of drug-likeness (QED) is 0.935. The van der Waals surface area contributed by atoms with Gasteiger partial charge in [-0.15, -0.1) is 0 Å². The summed E-state index contributed by atoms with van der Waals surface area (Å²) in [7, 11) is -1.56. The zero-order valence-corrected chi connectivity index (χ0v) is 12.1. The van der Waals surface area contributed by atoms with Crippen LogP contribution in [0.1, 0.15) is 17.4 Å². The van der Waals surface area contributed by atoms with Gasteiger partial charge in [0.1, 0.15) is 11.9 Å². The highest BCUT2D eigenvalue weighted by Crippen LogP contribution is 2.23. The number of sulfonamides is 1. The maximum Gasteiger partial charge on any atom is 0.209 e. The van der Waals surface area contributed by atoms with Crippen molar-refractivity contribution in [2.24, 2.45) is 7.05 Å². The molecule has 0 aliphatic heterocycles. The smallest absolute Gasteiger partial charge is 0.209 e. The van der Waals surface area contributed by atoms with Gasteiger partial charge < -0.3 is 4.57 Å². The van der Waals surface area contributed by atoms with Crippen LogP contribution in [0.2, 0.25) is 5.02 Å². The summed E-state index contributed by atoms with van der Waals surface area (Å²) in [4.78, 5) is 4.20. The van der Waals surface area contributed by atoms with E-state index in [0.717, 1.165) is 11.8 Å². The topological polar surface area (TPSA) is 64.0 Å². The number of aryl methyl sites for hydroxylation is 1. The number of nitrogens with one attached hydrogen (secondary N) is 1. The molecule has 0 aliphatic rings. The average molecular weight is 300 g/mol. The Labute approximate surface area is 117 Å². The van der Waals surface area contributed by atoms with Gasteiger partial charge in [0, 0.05) is 24.5 Å². The summed E-state index contributed by atoms with van der Waals surface area (Å²) in [6.45, 7) is 0. The van der Waals surface area contributed by atoms with Gasteiger partial charge in [0.05, 0.1) is 6.26 Å². The molecule has 7 heteroatoms. The van der Waals surface area contributed by atoms with Crippen LogP contribution in [0, 0.1) is 0 Å². The molecule has 0 radical (unpaired) electrons. The molecule has 0 saturated carbocycles. The van der Waals surface area contributed by atoms with Crippen molar-refractivity contribution in [1.82, 2.24) is 14.3 Å². The van der Waals surface area contributed by atoms with Crippen molar-refractivity contribution in [3.05, 3.63) is 53.1 Å². The third-order valence-electron chi connectivity index (χ3n) is 2.63. The van der Waals surface area contributed by atoms with Gasteiger partial charge in [0.2, 0.25) is 10.0 Å². The largest absolute Gasteiger partial charge is 0.336 e. The molecule has 5 nitrogen and oxygen atoms in total. The minimum Gasteiger partial charge on any atom is -0.336 e. The van der Waals surface area contributed by atoms with E-state index in [0.29, 0.717) is 10.8 Å². The molecule has 2 rings (SSSR count). The molecule has 0 fully saturated rings. The van der Waals surface area contributed by atoms with E-state index in [9.17, 15) is 8.42 Å². The van der Waals surface area contributed by atoms with E-state index in [2.05, 4.69) is 9.71 Å². The maximum absolute atomic E-state index is 11.5. The van der Waals surface area contributed by atoms with Gasteiger partial charge in [0.15, 0.2) is 0 Å². The minimum absolute atomic E-state index is 0.548. The third-order valence-corrected chi connectivity index (χ3v) is 3.53. The molecule has 102 valence electrons. The number of hydrogen-bond donors (Lipinski definition) is 1. The molecule has 0 spiro atoms. The second-order valence-corrected chi connectivity index (χ2v) is 6.49. The van der Waals surface area contributed by atoms with E-state index in [-0.39, 0.29) is 0 Å². The van der Waals surface area contributed by atoms with E-state index < -0.39 is 16.1 Å². The lowest BCUT2D eigenvalue weighted by molar-refractivity contribution is 0.568. The van der Waals surface area contributed by atoms with E-state index in [4.69, 9.17) is 11.6 Å². The summed E-state index contributed by atoms with van der Waals surface area (Å²) < 4.78 is 27.4. The van der Waals surface area contributed by atoms with Crippen LogP contribution in [0.4, 0.5) is 0 Å². The van der Waals surface area contributed by atoms with Crippen LogP contribution in [0.3, 0.4) is 0 Å². The molecule has 1 N–H and O–H groups in total. The predicted octanol–water partition coefficient (Wildman–Crippen LogP) is 1.71. The molecule has 0 bridgehead atoms. The fourth-order valence-corrected chi connectivity index (χ4v) is 2.69. The predicted molar refractivity (Wildman–Crippen MR) is 74.5 cm³/mol. The van der Waals surface area contributed by atoms with Crippen molar-refractivity contribution in [3.8, 4) is 0 Å². The number of benzene rings is 1. The average Bonchev–Trinajstić information content (AvgIpc) is 2.71. The van der Waals surface area contributed by atoms with Crippen molar-refractivity contribution in [3.63, 3.8) is 0 Å². The fourth-order valence-electron chi connectivity index (χ4n) is 1.83. The first-order valence-electron chi connectivity index (χ1n) is 5.57. The SMILES string of the molecule is Cn1ccnc1C(NS(C)(=O)=O)c1cccc(Cl)c1. The summed E-state index contributed by atoms with van der Waals surface area (Å²) in [5.41, 5.74) is 0.743. The van der Waals surface area contributed by atoms with Crippen molar-refractivity contribution < 1.29 is 8.42 Å². The number of rotatable bonds is 4. The molecule has 1 aromatic heterocycles. The first-order valence-corrected chi connectivity index (χ1v) is 7.84. The Morgan fingerprint density at radius 2 is 2.16 bits per heavy atom. The van der Waals surface area contributed by atoms with Gasteiger partial charge >= 0.3 is 0 Å². The van der Waals surface area contributed by atoms with Crippen LogP contribution in [-0.2, 0) is 17.1 Å². The monoisotopic (exact) mass is 299 g/mol. The normalized spacial score (nSPS) is 13.4. The standard InChI is InChI=1S/C12H14ClN3O2S/c1-16-7-6-14-12(16)11(15-19(2,17)18)9-4-3-5-10(13)8-9/h3-8,11,15H,1-2H3. The Hall–Kier alpha value is -1.37. The third kappa shape index (κ3) is 3.56. The summed E-state index contributed by atoms with van der Waals surface area (Å²) >= 11 is 5.96. The van der Waals surface area contributed by atoms with Gasteiger partial charge in [-0.3, -0.25) is 0 Å². The Morgan fingerprint density at radius 3 is 2.68 bits per heavy atom. The Morgan fingerprint density at radius 1 is 1.42 bits per heavy atom. The second kappa shape index (κ2) is 5.32. The highest BCUT2D eigenvalue weighted by Gasteiger charge is 2.22. The van der Waals surface area contributed by atoms with E-state index in [1.165, 1.54) is 0 Å². The summed E-state index contributed by atoms with van der Waals surface area (Å²) in [6.07, 6.45) is 4.50. The van der Waals surface area contributed by atoms with E-state index in [1.54, 1.807) is 35.2 Å². The number of halogens is 1. The van der Waals surface area contributed by atoms with Crippen LogP contribution < -0.4 is 4.72 Å². The number of aromatic nitrogens is 2. The van der Waals surface area contributed by atoms with E-state index >= 15 is 0 Å². The zero-order chi connectivity index (χ0) is 14.0. The van der Waals surface area contributed by atoms with Crippen LogP contribution in [-0.4, -0.2) is 24.2 Å². The Balaban J connectivity index is 2.49. The van der Waals surface area contributed by atoms with Gasteiger partial charge in [-0.2, -0.15) is 0 Å². The molecule has 1 atom stereocenters. The number of hydrogen-bond acceptors (Lipinski definition) is 3. The molecule has 19 heavy (non-hydrogen) atoms. The highest BCUT2D eigenvalue weighted by molar-refractivity contribution is 7.88. The Bertz CT molecular complexity index is 682. The summed E-state index contributed by atoms with van der Waals surface area (Å²) in [6, 6.07) is 6.48. The highest BCUT2D eigenvalue weighted by atomic mass is 35.5. The van der Waals surface area contributed by atoms with Crippen molar-refractivity contribution >= 4 is 21.6 Å². The first-order chi connectivity index (χ1) is 8.87. The van der Waals surface area contributed by atoms with Crippen molar-refractivity contribution in [2.45, 2.75) is 6.04 Å². The molecule has 0 amide bonds. The lowest BCUT2D eigenvalue weighted by Gasteiger charge is -2.18. The molecule has 0 aliphatic carbocycles. The maximum atomic E-state index is 11.5. The fraction of sp³-hybridized carbons (Fsp3) is 0.250. The molecular formula is C12H14ClN3O2S. The van der Waals surface area contributed by atoms with Crippen molar-refractivity contribution in [1.29, 1.82) is 0 Å². The molecule has 1 unspecified atom stereocenters. The molecular weight excluding hydrogens is 286 g/mol. The molecule has 2 aromatic rings. The second-order valence-electron chi connectivity index (χ2n) is 4.27.